The van der Waals surface area contributed by atoms with Gasteiger partial charge in [-0.1, -0.05) is 6.07 Å². The van der Waals surface area contributed by atoms with Crippen molar-refractivity contribution in [3.05, 3.63) is 66.1 Å². The first kappa shape index (κ1) is 16.9. The molecule has 1 aromatic carbocycles. The van der Waals surface area contributed by atoms with Crippen LogP contribution in [0.5, 0.6) is 0 Å². The van der Waals surface area contributed by atoms with E-state index in [1.165, 1.54) is 18.3 Å². The minimum atomic E-state index is -4.64. The smallest absolute Gasteiger partial charge is 0.370 e. The SMILES string of the molecule is Fc1cccc(C(F)(F)F)c1-c1ccc(NCCc2c[nH]cn2)nc1. The summed E-state index contributed by atoms with van der Waals surface area (Å²) in [6.07, 6.45) is 0.602. The number of H-pyrrole nitrogens is 1. The van der Waals surface area contributed by atoms with Gasteiger partial charge in [0.15, 0.2) is 0 Å². The van der Waals surface area contributed by atoms with Gasteiger partial charge in [0, 0.05) is 36.5 Å². The number of hydrogen-bond donors (Lipinski definition) is 2. The van der Waals surface area contributed by atoms with Crippen LogP contribution in [0, 0.1) is 5.82 Å². The highest BCUT2D eigenvalue weighted by atomic mass is 19.4. The molecule has 0 unspecified atom stereocenters. The van der Waals surface area contributed by atoms with Crippen molar-refractivity contribution in [1.82, 2.24) is 15.0 Å². The molecule has 0 amide bonds. The maximum absolute atomic E-state index is 14.0. The Morgan fingerprint density at radius 3 is 2.56 bits per heavy atom. The van der Waals surface area contributed by atoms with Gasteiger partial charge in [0.1, 0.15) is 11.6 Å². The zero-order chi connectivity index (χ0) is 17.9. The van der Waals surface area contributed by atoms with E-state index < -0.39 is 23.1 Å². The minimum absolute atomic E-state index is 0.0725. The van der Waals surface area contributed by atoms with E-state index in [-0.39, 0.29) is 5.56 Å². The Morgan fingerprint density at radius 1 is 1.08 bits per heavy atom. The van der Waals surface area contributed by atoms with Crippen molar-refractivity contribution in [2.24, 2.45) is 0 Å². The topological polar surface area (TPSA) is 53.6 Å². The van der Waals surface area contributed by atoms with Crippen LogP contribution in [-0.4, -0.2) is 21.5 Å². The lowest BCUT2D eigenvalue weighted by Gasteiger charge is -2.14. The number of pyridine rings is 1. The van der Waals surface area contributed by atoms with Crippen LogP contribution in [0.25, 0.3) is 11.1 Å². The molecule has 2 heterocycles. The molecule has 8 heteroatoms. The number of aromatic amines is 1. The summed E-state index contributed by atoms with van der Waals surface area (Å²) in [4.78, 5) is 11.0. The van der Waals surface area contributed by atoms with E-state index in [0.717, 1.165) is 23.9 Å². The number of anilines is 1. The van der Waals surface area contributed by atoms with Gasteiger partial charge in [-0.25, -0.2) is 14.4 Å². The van der Waals surface area contributed by atoms with Gasteiger partial charge in [0.05, 0.1) is 17.6 Å². The molecule has 130 valence electrons. The minimum Gasteiger partial charge on any atom is -0.370 e. The van der Waals surface area contributed by atoms with Crippen LogP contribution in [-0.2, 0) is 12.6 Å². The summed E-state index contributed by atoms with van der Waals surface area (Å²) in [7, 11) is 0. The Bertz CT molecular complexity index is 827. The van der Waals surface area contributed by atoms with Gasteiger partial charge in [0.2, 0.25) is 0 Å². The molecular formula is C17H14F4N4. The first-order chi connectivity index (χ1) is 11.9. The largest absolute Gasteiger partial charge is 0.417 e. The molecule has 0 aliphatic heterocycles. The average molecular weight is 350 g/mol. The summed E-state index contributed by atoms with van der Waals surface area (Å²) >= 11 is 0. The molecule has 0 aliphatic carbocycles. The van der Waals surface area contributed by atoms with Gasteiger partial charge >= 0.3 is 6.18 Å². The van der Waals surface area contributed by atoms with Crippen LogP contribution in [0.15, 0.2) is 49.1 Å². The number of aromatic nitrogens is 3. The molecule has 3 rings (SSSR count). The molecular weight excluding hydrogens is 336 g/mol. The Labute approximate surface area is 141 Å². The summed E-state index contributed by atoms with van der Waals surface area (Å²) in [6, 6.07) is 5.83. The highest BCUT2D eigenvalue weighted by Gasteiger charge is 2.34. The van der Waals surface area contributed by atoms with Crippen LogP contribution in [0.4, 0.5) is 23.4 Å². The average Bonchev–Trinajstić information content (AvgIpc) is 3.08. The summed E-state index contributed by atoms with van der Waals surface area (Å²) in [5.41, 5.74) is -0.562. The fraction of sp³-hybridized carbons (Fsp3) is 0.176. The van der Waals surface area contributed by atoms with Gasteiger partial charge in [-0.05, 0) is 24.3 Å². The number of alkyl halides is 3. The molecule has 3 aromatic rings. The van der Waals surface area contributed by atoms with Gasteiger partial charge in [-0.3, -0.25) is 0 Å². The van der Waals surface area contributed by atoms with Crippen molar-refractivity contribution in [1.29, 1.82) is 0 Å². The third kappa shape index (κ3) is 3.96. The molecule has 0 saturated heterocycles. The molecule has 0 aliphatic rings. The third-order valence-corrected chi connectivity index (χ3v) is 3.61. The zero-order valence-corrected chi connectivity index (χ0v) is 12.9. The van der Waals surface area contributed by atoms with Crippen molar-refractivity contribution in [3.8, 4) is 11.1 Å². The lowest BCUT2D eigenvalue weighted by Crippen LogP contribution is -2.09. The standard InChI is InChI=1S/C17H14F4N4/c18-14-3-1-2-13(17(19,20)21)16(14)11-4-5-15(24-8-11)23-7-6-12-9-22-10-25-12/h1-5,8-10H,6-7H2,(H,22,25)(H,23,24). The second-order valence-corrected chi connectivity index (χ2v) is 5.33. The Morgan fingerprint density at radius 2 is 1.92 bits per heavy atom. The van der Waals surface area contributed by atoms with E-state index in [9.17, 15) is 17.6 Å². The molecule has 4 nitrogen and oxygen atoms in total. The van der Waals surface area contributed by atoms with Gasteiger partial charge in [-0.2, -0.15) is 13.2 Å². The Kier molecular flexibility index (Phi) is 4.69. The number of imidazole rings is 1. The van der Waals surface area contributed by atoms with Crippen LogP contribution < -0.4 is 5.32 Å². The van der Waals surface area contributed by atoms with Crippen LogP contribution in [0.1, 0.15) is 11.3 Å². The van der Waals surface area contributed by atoms with Crippen LogP contribution >= 0.6 is 0 Å². The summed E-state index contributed by atoms with van der Waals surface area (Å²) in [5, 5.41) is 3.04. The number of benzene rings is 1. The van der Waals surface area contributed by atoms with Crippen molar-refractivity contribution in [3.63, 3.8) is 0 Å². The molecule has 2 aromatic heterocycles. The predicted molar refractivity (Wildman–Crippen MR) is 85.4 cm³/mol. The van der Waals surface area contributed by atoms with Crippen LogP contribution in [0.2, 0.25) is 0 Å². The summed E-state index contributed by atoms with van der Waals surface area (Å²) in [5.74, 6) is -0.444. The fourth-order valence-electron chi connectivity index (χ4n) is 2.45. The Hall–Kier alpha value is -2.90. The third-order valence-electron chi connectivity index (χ3n) is 3.61. The monoisotopic (exact) mass is 350 g/mol. The molecule has 0 bridgehead atoms. The normalized spacial score (nSPS) is 11.5. The van der Waals surface area contributed by atoms with Gasteiger partial charge in [-0.15, -0.1) is 0 Å². The zero-order valence-electron chi connectivity index (χ0n) is 12.9. The quantitative estimate of drug-likeness (QED) is 0.675. The summed E-state index contributed by atoms with van der Waals surface area (Å²) in [6.45, 7) is 0.560. The fourth-order valence-corrected chi connectivity index (χ4v) is 2.45. The van der Waals surface area contributed by atoms with Gasteiger partial charge in [0.25, 0.3) is 0 Å². The molecule has 0 atom stereocenters. The first-order valence-corrected chi connectivity index (χ1v) is 7.49. The van der Waals surface area contributed by atoms with Crippen LogP contribution in [0.3, 0.4) is 0 Å². The number of nitrogens with zero attached hydrogens (tertiary/aromatic N) is 2. The molecule has 0 fully saturated rings. The number of nitrogens with one attached hydrogen (secondary N) is 2. The molecule has 0 saturated carbocycles. The van der Waals surface area contributed by atoms with Crippen molar-refractivity contribution < 1.29 is 17.6 Å². The summed E-state index contributed by atoms with van der Waals surface area (Å²) < 4.78 is 53.2. The lowest BCUT2D eigenvalue weighted by molar-refractivity contribution is -0.137. The maximum Gasteiger partial charge on any atom is 0.417 e. The van der Waals surface area contributed by atoms with E-state index in [0.29, 0.717) is 18.8 Å². The van der Waals surface area contributed by atoms with E-state index in [2.05, 4.69) is 20.3 Å². The van der Waals surface area contributed by atoms with Crippen molar-refractivity contribution >= 4 is 5.82 Å². The second-order valence-electron chi connectivity index (χ2n) is 5.33. The molecule has 2 N–H and O–H groups in total. The predicted octanol–water partition coefficient (Wildman–Crippen LogP) is 4.28. The van der Waals surface area contributed by atoms with Gasteiger partial charge < -0.3 is 10.3 Å². The second kappa shape index (κ2) is 6.92. The number of hydrogen-bond acceptors (Lipinski definition) is 3. The number of halogens is 4. The Balaban J connectivity index is 1.76. The highest BCUT2D eigenvalue weighted by Crippen LogP contribution is 2.38. The highest BCUT2D eigenvalue weighted by molar-refractivity contribution is 5.69. The van der Waals surface area contributed by atoms with E-state index in [4.69, 9.17) is 0 Å². The molecule has 0 spiro atoms. The number of rotatable bonds is 5. The van der Waals surface area contributed by atoms with E-state index >= 15 is 0 Å². The van der Waals surface area contributed by atoms with E-state index in [1.54, 1.807) is 12.5 Å². The van der Waals surface area contributed by atoms with E-state index in [1.807, 2.05) is 0 Å². The molecule has 0 radical (unpaired) electrons. The first-order valence-electron chi connectivity index (χ1n) is 7.49. The molecule has 25 heavy (non-hydrogen) atoms. The van der Waals surface area contributed by atoms with Crippen molar-refractivity contribution in [2.75, 3.05) is 11.9 Å². The van der Waals surface area contributed by atoms with Crippen molar-refractivity contribution in [2.45, 2.75) is 12.6 Å². The maximum atomic E-state index is 14.0. The lowest BCUT2D eigenvalue weighted by atomic mass is 10.00.